The highest BCUT2D eigenvalue weighted by Crippen LogP contribution is 2.25. The van der Waals surface area contributed by atoms with Crippen molar-refractivity contribution in [2.75, 3.05) is 13.1 Å². The van der Waals surface area contributed by atoms with Crippen molar-refractivity contribution in [1.29, 1.82) is 0 Å². The normalized spacial score (nSPS) is 15.9. The lowest BCUT2D eigenvalue weighted by Crippen LogP contribution is -2.43. The molecule has 5 heteroatoms. The molecule has 3 aromatic rings. The van der Waals surface area contributed by atoms with Crippen LogP contribution in [-0.2, 0) is 24.2 Å². The van der Waals surface area contributed by atoms with Crippen molar-refractivity contribution in [1.82, 2.24) is 15.2 Å². The lowest BCUT2D eigenvalue weighted by Gasteiger charge is -2.31. The number of likely N-dealkylation sites (tertiary alicyclic amines) is 1. The zero-order chi connectivity index (χ0) is 23.9. The first-order valence-corrected chi connectivity index (χ1v) is 12.6. The van der Waals surface area contributed by atoms with Crippen molar-refractivity contribution in [2.45, 2.75) is 65.5 Å². The lowest BCUT2D eigenvalue weighted by molar-refractivity contribution is -0.127. The summed E-state index contributed by atoms with van der Waals surface area (Å²) in [5, 5.41) is 3.24. The topological polar surface area (TPSA) is 58.4 Å². The Morgan fingerprint density at radius 1 is 1.09 bits per heavy atom. The van der Waals surface area contributed by atoms with E-state index in [2.05, 4.69) is 72.6 Å². The molecule has 1 atom stereocenters. The van der Waals surface area contributed by atoms with Crippen LogP contribution in [0, 0.1) is 12.8 Å². The quantitative estimate of drug-likeness (QED) is 0.455. The van der Waals surface area contributed by atoms with Crippen LogP contribution in [0.4, 0.5) is 0 Å². The van der Waals surface area contributed by atoms with Crippen LogP contribution in [0.5, 0.6) is 0 Å². The number of aromatic nitrogens is 1. The standard InChI is InChI=1S/C29H37N3O2/c1-4-23-12-14-26(15-13-23)29-31-27(22(3)34-29)20-32-18-16-25(17-19-32)28(33)30-21(2)10-11-24-8-6-5-7-9-24/h5-9,12-15,21,25H,4,10-11,16-20H2,1-3H3,(H,30,33). The molecule has 180 valence electrons. The van der Waals surface area contributed by atoms with Gasteiger partial charge in [0.05, 0.1) is 5.69 Å². The summed E-state index contributed by atoms with van der Waals surface area (Å²) in [4.78, 5) is 20.0. The van der Waals surface area contributed by atoms with Crippen LogP contribution in [0.1, 0.15) is 55.7 Å². The summed E-state index contributed by atoms with van der Waals surface area (Å²) in [5.74, 6) is 1.87. The van der Waals surface area contributed by atoms with Gasteiger partial charge in [-0.15, -0.1) is 0 Å². The molecule has 5 nitrogen and oxygen atoms in total. The van der Waals surface area contributed by atoms with E-state index in [1.165, 1.54) is 11.1 Å². The third-order valence-corrected chi connectivity index (χ3v) is 6.93. The number of benzene rings is 2. The van der Waals surface area contributed by atoms with Crippen LogP contribution in [0.2, 0.25) is 0 Å². The third kappa shape index (κ3) is 6.35. The van der Waals surface area contributed by atoms with Crippen LogP contribution in [-0.4, -0.2) is 34.9 Å². The fraction of sp³-hybridized carbons (Fsp3) is 0.448. The van der Waals surface area contributed by atoms with Crippen molar-refractivity contribution in [3.63, 3.8) is 0 Å². The Bertz CT molecular complexity index is 1050. The van der Waals surface area contributed by atoms with Gasteiger partial charge < -0.3 is 9.73 Å². The van der Waals surface area contributed by atoms with E-state index in [1.807, 2.05) is 13.0 Å². The summed E-state index contributed by atoms with van der Waals surface area (Å²) in [6, 6.07) is 19.1. The van der Waals surface area contributed by atoms with Crippen molar-refractivity contribution in [3.05, 3.63) is 77.2 Å². The smallest absolute Gasteiger partial charge is 0.226 e. The predicted octanol–water partition coefficient (Wildman–Crippen LogP) is 5.56. The molecule has 1 aliphatic heterocycles. The van der Waals surface area contributed by atoms with Crippen LogP contribution < -0.4 is 5.32 Å². The Balaban J connectivity index is 1.23. The van der Waals surface area contributed by atoms with E-state index in [4.69, 9.17) is 9.40 Å². The minimum atomic E-state index is 0.0986. The Morgan fingerprint density at radius 2 is 1.79 bits per heavy atom. The first kappa shape index (κ1) is 24.2. The van der Waals surface area contributed by atoms with Gasteiger partial charge in [0.25, 0.3) is 0 Å². The highest BCUT2D eigenvalue weighted by atomic mass is 16.4. The van der Waals surface area contributed by atoms with E-state index < -0.39 is 0 Å². The van der Waals surface area contributed by atoms with Gasteiger partial charge in [-0.1, -0.05) is 49.4 Å². The van der Waals surface area contributed by atoms with Crippen LogP contribution >= 0.6 is 0 Å². The zero-order valence-corrected chi connectivity index (χ0v) is 20.7. The Morgan fingerprint density at radius 3 is 2.47 bits per heavy atom. The molecular weight excluding hydrogens is 422 g/mol. The monoisotopic (exact) mass is 459 g/mol. The molecule has 0 spiro atoms. The number of hydrogen-bond acceptors (Lipinski definition) is 4. The van der Waals surface area contributed by atoms with Gasteiger partial charge in [0, 0.05) is 24.1 Å². The molecular formula is C29H37N3O2. The van der Waals surface area contributed by atoms with Gasteiger partial charge in [-0.25, -0.2) is 4.98 Å². The molecule has 1 aromatic heterocycles. The molecule has 1 saturated heterocycles. The highest BCUT2D eigenvalue weighted by Gasteiger charge is 2.26. The number of nitrogens with one attached hydrogen (secondary N) is 1. The number of nitrogens with zero attached hydrogens (tertiary/aromatic N) is 2. The molecule has 0 aliphatic carbocycles. The van der Waals surface area contributed by atoms with E-state index >= 15 is 0 Å². The van der Waals surface area contributed by atoms with Gasteiger partial charge in [-0.2, -0.15) is 0 Å². The number of carbonyl (C=O) groups excluding carboxylic acids is 1. The molecule has 0 radical (unpaired) electrons. The van der Waals surface area contributed by atoms with E-state index in [-0.39, 0.29) is 17.9 Å². The number of hydrogen-bond donors (Lipinski definition) is 1. The fourth-order valence-corrected chi connectivity index (χ4v) is 4.61. The maximum absolute atomic E-state index is 12.8. The van der Waals surface area contributed by atoms with Crippen LogP contribution in [0.25, 0.3) is 11.5 Å². The summed E-state index contributed by atoms with van der Waals surface area (Å²) in [6.07, 6.45) is 4.75. The molecule has 4 rings (SSSR count). The average molecular weight is 460 g/mol. The van der Waals surface area contributed by atoms with Gasteiger partial charge in [0.1, 0.15) is 5.76 Å². The molecule has 1 N–H and O–H groups in total. The predicted molar refractivity (Wildman–Crippen MR) is 136 cm³/mol. The third-order valence-electron chi connectivity index (χ3n) is 6.93. The first-order chi connectivity index (χ1) is 16.5. The second-order valence-corrected chi connectivity index (χ2v) is 9.56. The van der Waals surface area contributed by atoms with Crippen molar-refractivity contribution < 1.29 is 9.21 Å². The Kier molecular flexibility index (Phi) is 8.17. The summed E-state index contributed by atoms with van der Waals surface area (Å²) >= 11 is 0. The number of carbonyl (C=O) groups is 1. The van der Waals surface area contributed by atoms with E-state index in [0.29, 0.717) is 5.89 Å². The summed E-state index contributed by atoms with van der Waals surface area (Å²) in [5.41, 5.74) is 4.64. The van der Waals surface area contributed by atoms with E-state index in [9.17, 15) is 4.79 Å². The van der Waals surface area contributed by atoms with Crippen molar-refractivity contribution >= 4 is 5.91 Å². The van der Waals surface area contributed by atoms with E-state index in [1.54, 1.807) is 0 Å². The summed E-state index contributed by atoms with van der Waals surface area (Å²) in [7, 11) is 0. The maximum Gasteiger partial charge on any atom is 0.226 e. The minimum Gasteiger partial charge on any atom is -0.441 e. The molecule has 1 fully saturated rings. The fourth-order valence-electron chi connectivity index (χ4n) is 4.61. The summed E-state index contributed by atoms with van der Waals surface area (Å²) in [6.45, 7) is 8.83. The number of oxazole rings is 1. The maximum atomic E-state index is 12.8. The number of piperidine rings is 1. The second kappa shape index (κ2) is 11.5. The van der Waals surface area contributed by atoms with Gasteiger partial charge in [0.15, 0.2) is 0 Å². The highest BCUT2D eigenvalue weighted by molar-refractivity contribution is 5.79. The zero-order valence-electron chi connectivity index (χ0n) is 20.7. The van der Waals surface area contributed by atoms with E-state index in [0.717, 1.165) is 68.8 Å². The van der Waals surface area contributed by atoms with Crippen molar-refractivity contribution in [3.8, 4) is 11.5 Å². The molecule has 1 aliphatic rings. The molecule has 2 heterocycles. The number of amides is 1. The largest absolute Gasteiger partial charge is 0.441 e. The van der Waals surface area contributed by atoms with Gasteiger partial charge in [-0.3, -0.25) is 9.69 Å². The molecule has 0 bridgehead atoms. The Hall–Kier alpha value is -2.92. The van der Waals surface area contributed by atoms with Crippen molar-refractivity contribution in [2.24, 2.45) is 5.92 Å². The first-order valence-electron chi connectivity index (χ1n) is 12.6. The second-order valence-electron chi connectivity index (χ2n) is 9.56. The van der Waals surface area contributed by atoms with Gasteiger partial charge in [-0.05, 0) is 82.3 Å². The minimum absolute atomic E-state index is 0.0986. The molecule has 34 heavy (non-hydrogen) atoms. The molecule has 0 saturated carbocycles. The average Bonchev–Trinajstić information content (AvgIpc) is 3.23. The van der Waals surface area contributed by atoms with Gasteiger partial charge in [0.2, 0.25) is 11.8 Å². The number of aryl methyl sites for hydroxylation is 3. The molecule has 1 amide bonds. The van der Waals surface area contributed by atoms with Crippen LogP contribution in [0.15, 0.2) is 59.0 Å². The number of rotatable bonds is 9. The molecule has 1 unspecified atom stereocenters. The Labute approximate surface area is 203 Å². The lowest BCUT2D eigenvalue weighted by atomic mass is 9.95. The summed E-state index contributed by atoms with van der Waals surface area (Å²) < 4.78 is 5.97. The van der Waals surface area contributed by atoms with Gasteiger partial charge >= 0.3 is 0 Å². The van der Waals surface area contributed by atoms with Crippen LogP contribution in [0.3, 0.4) is 0 Å². The molecule has 2 aromatic carbocycles. The SMILES string of the molecule is CCc1ccc(-c2nc(CN3CCC(C(=O)NC(C)CCc4ccccc4)CC3)c(C)o2)cc1.